The van der Waals surface area contributed by atoms with E-state index in [1.165, 1.54) is 6.92 Å². The van der Waals surface area contributed by atoms with Gasteiger partial charge in [-0.05, 0) is 459 Å². The van der Waals surface area contributed by atoms with Crippen LogP contribution in [0.4, 0.5) is 0 Å². The fourth-order valence-electron chi connectivity index (χ4n) is 8.01. The molecule has 6 N–H and O–H groups in total. The van der Waals surface area contributed by atoms with Gasteiger partial charge >= 0.3 is 53.7 Å². The maximum Gasteiger partial charge on any atom is 0.338 e. The standard InChI is InChI=1S/C14H15IO5.C14H17IO4.2C13H13I3O4.C13H14I2O4.C13H15IO4.C13H13IO4/c1-9(2)13(17)19-7-12(16)8-20-14(18)10-3-5-11(15)6-4-10;1-10(2)14(17)18-8-7-12(16)9-19-13-5-3-11(15)4-6-13;1-7(2)13(18)20-6-9(17)5-19-11-4-8(14)3-10(15)12(11)16;1-7(2)13(18)20-6-9(17)5-19-12-10(15)3-8(14)4-11(12)16;1-8(2)13(17)19-7-10(16)6-18-12-4-3-9(14)5-11(12)15;1-9(2)13(16)18-8-11(15)7-17-12-5-3-10(14)4-6-12;1-9(2)12(15)17-7-8-18-13(16)10-3-5-11(14)6-4-10/h3-6,12,16H,1,7-8H2,2H3;3-6,12,16H,1,7-9H2,2H3;2*3-4,9,17H,1,5-6H2,2H3;3-5,10,16H,1,6-7H2,2H3;3-6,11,15H,1,7-8H2,2H3;3-6H,1,7-8H2,2H3. The Labute approximate surface area is 943 Å². The molecule has 0 aliphatic heterocycles. The van der Waals surface area contributed by atoms with E-state index in [9.17, 15) is 73.8 Å². The first-order valence-electron chi connectivity index (χ1n) is 39.0. The number of carbonyl (C=O) groups excluding carboxylic acids is 9. The number of rotatable bonds is 42. The number of carbonyl (C=O) groups is 9. The summed E-state index contributed by atoms with van der Waals surface area (Å²) in [6, 6.07) is 42.5. The van der Waals surface area contributed by atoms with Gasteiger partial charge in [0.25, 0.3) is 0 Å². The molecular formula is C93H100I12O29. The van der Waals surface area contributed by atoms with Crippen molar-refractivity contribution in [3.8, 4) is 28.7 Å². The number of aliphatic hydroxyl groups is 6. The van der Waals surface area contributed by atoms with Crippen LogP contribution < -0.4 is 23.7 Å². The van der Waals surface area contributed by atoms with Crippen LogP contribution in [0.1, 0.15) is 75.6 Å². The molecule has 0 saturated heterocycles. The fourth-order valence-corrected chi connectivity index (χ4v) is 17.4. The minimum absolute atomic E-state index is 0.0296. The average Bonchev–Trinajstić information content (AvgIpc) is 0.852. The van der Waals surface area contributed by atoms with Crippen molar-refractivity contribution in [2.45, 2.75) is 91.5 Å². The van der Waals surface area contributed by atoms with Crippen LogP contribution in [0, 0.1) is 42.8 Å². The molecule has 730 valence electrons. The molecule has 0 bridgehead atoms. The van der Waals surface area contributed by atoms with E-state index in [1.807, 2.05) is 103 Å². The van der Waals surface area contributed by atoms with Crippen molar-refractivity contribution in [2.24, 2.45) is 0 Å². The van der Waals surface area contributed by atoms with Gasteiger partial charge in [0.15, 0.2) is 0 Å². The van der Waals surface area contributed by atoms with Gasteiger partial charge in [-0.2, -0.15) is 0 Å². The second-order valence-electron chi connectivity index (χ2n) is 27.6. The van der Waals surface area contributed by atoms with E-state index < -0.39 is 90.3 Å². The number of benzene rings is 7. The van der Waals surface area contributed by atoms with Gasteiger partial charge in [0.05, 0.1) is 38.1 Å². The third-order valence-electron chi connectivity index (χ3n) is 14.9. The molecule has 6 unspecified atom stereocenters. The van der Waals surface area contributed by atoms with E-state index in [-0.39, 0.29) is 98.1 Å². The third kappa shape index (κ3) is 59.9. The lowest BCUT2D eigenvalue weighted by molar-refractivity contribution is -0.143. The van der Waals surface area contributed by atoms with Crippen LogP contribution in [0.15, 0.2) is 225 Å². The molecule has 29 nitrogen and oxygen atoms in total. The fraction of sp³-hybridized carbons (Fsp3) is 0.301. The van der Waals surface area contributed by atoms with Gasteiger partial charge in [-0.15, -0.1) is 0 Å². The maximum absolute atomic E-state index is 11.6. The molecule has 7 aromatic rings. The summed E-state index contributed by atoms with van der Waals surface area (Å²) in [7, 11) is 0. The van der Waals surface area contributed by atoms with Gasteiger partial charge in [0.1, 0.15) is 145 Å². The minimum atomic E-state index is -1.06. The zero-order valence-electron chi connectivity index (χ0n) is 73.4. The first-order chi connectivity index (χ1) is 62.9. The summed E-state index contributed by atoms with van der Waals surface area (Å²) < 4.78 is 83.6. The summed E-state index contributed by atoms with van der Waals surface area (Å²) in [6.45, 7) is 34.8. The summed E-state index contributed by atoms with van der Waals surface area (Å²) in [5.74, 6) is -1.01. The van der Waals surface area contributed by atoms with E-state index in [0.717, 1.165) is 48.6 Å². The van der Waals surface area contributed by atoms with Crippen molar-refractivity contribution in [2.75, 3.05) is 92.5 Å². The smallest absolute Gasteiger partial charge is 0.338 e. The molecule has 0 fully saturated rings. The Balaban J connectivity index is 0.000000782. The molecule has 7 aromatic carbocycles. The highest BCUT2D eigenvalue weighted by atomic mass is 127. The number of esters is 9. The summed E-state index contributed by atoms with van der Waals surface area (Å²) in [5, 5.41) is 57.9. The Morgan fingerprint density at radius 3 is 0.873 bits per heavy atom. The molecular weight excluding hydrogens is 3100 g/mol. The van der Waals surface area contributed by atoms with Gasteiger partial charge in [0.2, 0.25) is 0 Å². The van der Waals surface area contributed by atoms with Crippen LogP contribution in [0.5, 0.6) is 28.7 Å². The maximum atomic E-state index is 11.6. The monoisotopic (exact) mass is 3200 g/mol. The van der Waals surface area contributed by atoms with Crippen molar-refractivity contribution in [3.63, 3.8) is 0 Å². The SMILES string of the molecule is C=C(C)C(=O)OCC(O)COC(=O)c1ccc(I)cc1.C=C(C)C(=O)OCC(O)COc1c(I)cc(I)cc1I.C=C(C)C(=O)OCC(O)COc1cc(I)cc(I)c1I.C=C(C)C(=O)OCC(O)COc1ccc(I)cc1.C=C(C)C(=O)OCC(O)COc1ccc(I)cc1I.C=C(C)C(=O)OCCC(O)COc1ccc(I)cc1.C=C(C)C(=O)OCCOC(=O)c1ccc(I)cc1. The Morgan fingerprint density at radius 1 is 0.254 bits per heavy atom. The van der Waals surface area contributed by atoms with Crippen LogP contribution >= 0.6 is 271 Å². The number of hydrogen-bond acceptors (Lipinski definition) is 29. The summed E-state index contributed by atoms with van der Waals surface area (Å²) in [6.07, 6.45) is -4.85. The highest BCUT2D eigenvalue weighted by molar-refractivity contribution is 14.1. The Kier molecular flexibility index (Phi) is 68.3. The second kappa shape index (κ2) is 71.8. The van der Waals surface area contributed by atoms with E-state index in [2.05, 4.69) is 317 Å². The van der Waals surface area contributed by atoms with E-state index in [1.54, 1.807) is 77.9 Å². The van der Waals surface area contributed by atoms with Crippen molar-refractivity contribution < 1.29 is 140 Å². The second-order valence-corrected chi connectivity index (χ2v) is 42.1. The topological polar surface area (TPSA) is 404 Å². The number of hydrogen-bond donors (Lipinski definition) is 6. The first-order valence-corrected chi connectivity index (χ1v) is 52.0. The molecule has 6 atom stereocenters. The van der Waals surface area contributed by atoms with Crippen molar-refractivity contribution in [1.29, 1.82) is 0 Å². The van der Waals surface area contributed by atoms with Gasteiger partial charge in [-0.25, -0.2) is 43.2 Å². The van der Waals surface area contributed by atoms with Gasteiger partial charge in [-0.3, -0.25) is 0 Å². The lowest BCUT2D eigenvalue weighted by Gasteiger charge is -2.15. The summed E-state index contributed by atoms with van der Waals surface area (Å²) in [5.41, 5.74) is 3.01. The predicted octanol–water partition coefficient (Wildman–Crippen LogP) is 18.7. The zero-order chi connectivity index (χ0) is 101. The number of halogens is 12. The normalized spacial score (nSPS) is 11.5. The molecule has 0 aromatic heterocycles. The molecule has 0 aliphatic rings. The summed E-state index contributed by atoms with van der Waals surface area (Å²) in [4.78, 5) is 101. The Hall–Kier alpha value is -4.53. The van der Waals surface area contributed by atoms with Crippen LogP contribution in [0.25, 0.3) is 0 Å². The lowest BCUT2D eigenvalue weighted by Crippen LogP contribution is -2.25. The molecule has 0 spiro atoms. The lowest BCUT2D eigenvalue weighted by atomic mass is 10.2. The van der Waals surface area contributed by atoms with Crippen LogP contribution in [0.3, 0.4) is 0 Å². The van der Waals surface area contributed by atoms with Gasteiger partial charge < -0.3 is 97.0 Å². The van der Waals surface area contributed by atoms with Crippen LogP contribution in [0.2, 0.25) is 0 Å². The molecule has 0 heterocycles. The number of aliphatic hydroxyl groups excluding tert-OH is 6. The Bertz CT molecular complexity index is 5010. The highest BCUT2D eigenvalue weighted by Gasteiger charge is 2.20. The largest absolute Gasteiger partial charge is 0.491 e. The van der Waals surface area contributed by atoms with Gasteiger partial charge in [0, 0.05) is 74.0 Å². The third-order valence-corrected chi connectivity index (χ3v) is 25.1. The van der Waals surface area contributed by atoms with Gasteiger partial charge in [-0.1, -0.05) is 46.1 Å². The molecule has 7 rings (SSSR count). The molecule has 0 radical (unpaired) electrons. The quantitative estimate of drug-likeness (QED) is 0.00517. The molecule has 0 amide bonds. The molecule has 0 saturated carbocycles. The van der Waals surface area contributed by atoms with Crippen molar-refractivity contribution in [3.05, 3.63) is 279 Å². The highest BCUT2D eigenvalue weighted by Crippen LogP contribution is 2.31. The zero-order valence-corrected chi connectivity index (χ0v) is 99.3. The predicted molar refractivity (Wildman–Crippen MR) is 607 cm³/mol. The molecule has 134 heavy (non-hydrogen) atoms. The number of ether oxygens (including phenoxy) is 14. The van der Waals surface area contributed by atoms with E-state index >= 15 is 0 Å². The van der Waals surface area contributed by atoms with Crippen LogP contribution in [-0.2, 0) is 76.2 Å². The van der Waals surface area contributed by atoms with Crippen molar-refractivity contribution in [1.82, 2.24) is 0 Å². The van der Waals surface area contributed by atoms with Crippen molar-refractivity contribution >= 4 is 325 Å². The Morgan fingerprint density at radius 2 is 0.515 bits per heavy atom. The van der Waals surface area contributed by atoms with Crippen LogP contribution in [-0.4, -0.2) is 213 Å². The van der Waals surface area contributed by atoms with E-state index in [0.29, 0.717) is 74.0 Å². The van der Waals surface area contributed by atoms with E-state index in [4.69, 9.17) is 66.3 Å². The first kappa shape index (κ1) is 127. The molecule has 0 aliphatic carbocycles. The summed E-state index contributed by atoms with van der Waals surface area (Å²) >= 11 is 26.3. The molecule has 41 heteroatoms. The minimum Gasteiger partial charge on any atom is -0.491 e. The average molecular weight is 3200 g/mol.